The van der Waals surface area contributed by atoms with Gasteiger partial charge >= 0.3 is 0 Å². The molecule has 6 heteroatoms. The van der Waals surface area contributed by atoms with Gasteiger partial charge in [-0.1, -0.05) is 20.8 Å². The van der Waals surface area contributed by atoms with Crippen LogP contribution in [0.15, 0.2) is 0 Å². The van der Waals surface area contributed by atoms with Crippen molar-refractivity contribution < 1.29 is 14.4 Å². The monoisotopic (exact) mass is 255 g/mol. The van der Waals surface area contributed by atoms with Crippen molar-refractivity contribution in [3.8, 4) is 0 Å². The van der Waals surface area contributed by atoms with Gasteiger partial charge in [0, 0.05) is 0 Å². The van der Waals surface area contributed by atoms with E-state index in [1.54, 1.807) is 6.92 Å². The molecule has 102 valence electrons. The van der Waals surface area contributed by atoms with Gasteiger partial charge in [0.15, 0.2) is 0 Å². The van der Waals surface area contributed by atoms with Gasteiger partial charge in [-0.2, -0.15) is 0 Å². The number of nitrogens with two attached hydrogens (primary N) is 1. The molecule has 1 unspecified atom stereocenters. The van der Waals surface area contributed by atoms with Crippen molar-refractivity contribution in [1.29, 1.82) is 0 Å². The molecule has 1 aliphatic rings. The summed E-state index contributed by atoms with van der Waals surface area (Å²) >= 11 is 0. The molecule has 1 aliphatic heterocycles. The first-order chi connectivity index (χ1) is 8.36. The van der Waals surface area contributed by atoms with Gasteiger partial charge in [0.05, 0.1) is 6.04 Å². The van der Waals surface area contributed by atoms with Gasteiger partial charge in [-0.05, 0) is 18.8 Å². The van der Waals surface area contributed by atoms with Gasteiger partial charge < -0.3 is 10.6 Å². The Kier molecular flexibility index (Phi) is 4.84. The third-order valence-corrected chi connectivity index (χ3v) is 2.97. The summed E-state index contributed by atoms with van der Waals surface area (Å²) in [6.45, 7) is 5.65. The van der Waals surface area contributed by atoms with E-state index in [0.29, 0.717) is 18.8 Å². The second-order valence-electron chi connectivity index (χ2n) is 5.04. The molecule has 3 N–H and O–H groups in total. The normalized spacial score (nSPS) is 22.1. The standard InChI is InChI=1S/C12H21N3O3/c1-4-9-11(17)14-10(16)6-15(9)12(18)8(13)5-7(2)3/h7-9H,4-6,13H2,1-3H3,(H,14,16,17)/t8-,9?/m1/s1. The van der Waals surface area contributed by atoms with Gasteiger partial charge in [-0.25, -0.2) is 0 Å². The minimum Gasteiger partial charge on any atom is -0.320 e. The number of rotatable bonds is 4. The van der Waals surface area contributed by atoms with E-state index < -0.39 is 23.9 Å². The Labute approximate surface area is 107 Å². The fraction of sp³-hybridized carbons (Fsp3) is 0.750. The van der Waals surface area contributed by atoms with E-state index in [1.165, 1.54) is 4.90 Å². The van der Waals surface area contributed by atoms with Gasteiger partial charge in [0.1, 0.15) is 12.6 Å². The highest BCUT2D eigenvalue weighted by Gasteiger charge is 2.37. The molecule has 2 atom stereocenters. The number of hydrogen-bond donors (Lipinski definition) is 2. The van der Waals surface area contributed by atoms with E-state index in [0.717, 1.165) is 0 Å². The largest absolute Gasteiger partial charge is 0.320 e. The molecule has 1 fully saturated rings. The number of carbonyl (C=O) groups is 3. The van der Waals surface area contributed by atoms with Crippen LogP contribution in [0.1, 0.15) is 33.6 Å². The molecule has 1 heterocycles. The Bertz CT molecular complexity index is 354. The predicted molar refractivity (Wildman–Crippen MR) is 66.4 cm³/mol. The first-order valence-corrected chi connectivity index (χ1v) is 6.26. The molecule has 0 aliphatic carbocycles. The number of nitrogens with one attached hydrogen (secondary N) is 1. The lowest BCUT2D eigenvalue weighted by Crippen LogP contribution is -2.62. The molecule has 0 aromatic heterocycles. The average molecular weight is 255 g/mol. The molecule has 0 aromatic carbocycles. The Balaban J connectivity index is 2.80. The molecule has 1 rings (SSSR count). The van der Waals surface area contributed by atoms with E-state index in [4.69, 9.17) is 5.73 Å². The van der Waals surface area contributed by atoms with Crippen LogP contribution in [-0.4, -0.2) is 41.2 Å². The lowest BCUT2D eigenvalue weighted by atomic mass is 10.0. The van der Waals surface area contributed by atoms with Crippen molar-refractivity contribution >= 4 is 17.7 Å². The molecule has 0 spiro atoms. The smallest absolute Gasteiger partial charge is 0.249 e. The van der Waals surface area contributed by atoms with Crippen LogP contribution >= 0.6 is 0 Å². The third-order valence-electron chi connectivity index (χ3n) is 2.97. The predicted octanol–water partition coefficient (Wildman–Crippen LogP) is -0.377. The van der Waals surface area contributed by atoms with Crippen molar-refractivity contribution in [2.24, 2.45) is 11.7 Å². The first-order valence-electron chi connectivity index (χ1n) is 6.26. The van der Waals surface area contributed by atoms with Crippen LogP contribution in [0, 0.1) is 5.92 Å². The van der Waals surface area contributed by atoms with Crippen LogP contribution in [-0.2, 0) is 14.4 Å². The Hall–Kier alpha value is -1.43. The van der Waals surface area contributed by atoms with Crippen molar-refractivity contribution in [1.82, 2.24) is 10.2 Å². The van der Waals surface area contributed by atoms with E-state index in [2.05, 4.69) is 5.32 Å². The van der Waals surface area contributed by atoms with Crippen LogP contribution in [0.25, 0.3) is 0 Å². The van der Waals surface area contributed by atoms with Crippen LogP contribution in [0.3, 0.4) is 0 Å². The number of carbonyl (C=O) groups excluding carboxylic acids is 3. The molecule has 0 bridgehead atoms. The van der Waals surface area contributed by atoms with Gasteiger partial charge in [-0.15, -0.1) is 0 Å². The summed E-state index contributed by atoms with van der Waals surface area (Å²) in [5.41, 5.74) is 5.82. The summed E-state index contributed by atoms with van der Waals surface area (Å²) in [7, 11) is 0. The summed E-state index contributed by atoms with van der Waals surface area (Å²) in [5.74, 6) is -0.897. The van der Waals surface area contributed by atoms with Crippen LogP contribution in [0.5, 0.6) is 0 Å². The van der Waals surface area contributed by atoms with E-state index in [-0.39, 0.29) is 12.5 Å². The van der Waals surface area contributed by atoms with Crippen LogP contribution in [0.2, 0.25) is 0 Å². The zero-order valence-corrected chi connectivity index (χ0v) is 11.1. The maximum absolute atomic E-state index is 12.2. The molecule has 6 nitrogen and oxygen atoms in total. The van der Waals surface area contributed by atoms with Crippen LogP contribution in [0.4, 0.5) is 0 Å². The quantitative estimate of drug-likeness (QED) is 0.670. The van der Waals surface area contributed by atoms with Crippen molar-refractivity contribution in [3.05, 3.63) is 0 Å². The molecule has 0 radical (unpaired) electrons. The number of imide groups is 1. The lowest BCUT2D eigenvalue weighted by molar-refractivity contribution is -0.151. The molecule has 0 saturated carbocycles. The van der Waals surface area contributed by atoms with E-state index in [9.17, 15) is 14.4 Å². The maximum atomic E-state index is 12.2. The Morgan fingerprint density at radius 2 is 2.11 bits per heavy atom. The highest BCUT2D eigenvalue weighted by Crippen LogP contribution is 2.13. The zero-order chi connectivity index (χ0) is 13.9. The minimum atomic E-state index is -0.655. The van der Waals surface area contributed by atoms with Gasteiger partial charge in [-0.3, -0.25) is 19.7 Å². The summed E-state index contributed by atoms with van der Waals surface area (Å²) in [4.78, 5) is 36.4. The summed E-state index contributed by atoms with van der Waals surface area (Å²) in [6, 6.07) is -1.24. The second-order valence-corrected chi connectivity index (χ2v) is 5.04. The topological polar surface area (TPSA) is 92.5 Å². The fourth-order valence-corrected chi connectivity index (χ4v) is 2.13. The number of amides is 3. The summed E-state index contributed by atoms with van der Waals surface area (Å²) < 4.78 is 0. The summed E-state index contributed by atoms with van der Waals surface area (Å²) in [6.07, 6.45) is 1.01. The highest BCUT2D eigenvalue weighted by molar-refractivity contribution is 6.04. The van der Waals surface area contributed by atoms with E-state index in [1.807, 2.05) is 13.8 Å². The zero-order valence-electron chi connectivity index (χ0n) is 11.1. The molecule has 0 aromatic rings. The number of piperazine rings is 1. The molecule has 1 saturated heterocycles. The van der Waals surface area contributed by atoms with E-state index >= 15 is 0 Å². The van der Waals surface area contributed by atoms with Crippen LogP contribution < -0.4 is 11.1 Å². The molecular weight excluding hydrogens is 234 g/mol. The second kappa shape index (κ2) is 5.95. The molecule has 18 heavy (non-hydrogen) atoms. The number of nitrogens with zero attached hydrogens (tertiary/aromatic N) is 1. The Morgan fingerprint density at radius 3 is 2.61 bits per heavy atom. The van der Waals surface area contributed by atoms with Crippen molar-refractivity contribution in [2.45, 2.75) is 45.7 Å². The highest BCUT2D eigenvalue weighted by atomic mass is 16.2. The number of hydrogen-bond acceptors (Lipinski definition) is 4. The van der Waals surface area contributed by atoms with Crippen molar-refractivity contribution in [3.63, 3.8) is 0 Å². The maximum Gasteiger partial charge on any atom is 0.249 e. The average Bonchev–Trinajstić information content (AvgIpc) is 2.26. The fourth-order valence-electron chi connectivity index (χ4n) is 2.13. The Morgan fingerprint density at radius 1 is 1.50 bits per heavy atom. The van der Waals surface area contributed by atoms with Gasteiger partial charge in [0.2, 0.25) is 17.7 Å². The summed E-state index contributed by atoms with van der Waals surface area (Å²) in [5, 5.41) is 2.23. The van der Waals surface area contributed by atoms with Crippen molar-refractivity contribution in [2.75, 3.05) is 6.54 Å². The first kappa shape index (κ1) is 14.6. The lowest BCUT2D eigenvalue weighted by Gasteiger charge is -2.35. The van der Waals surface area contributed by atoms with Gasteiger partial charge in [0.25, 0.3) is 0 Å². The molecular formula is C12H21N3O3. The molecule has 3 amide bonds. The SMILES string of the molecule is CCC1C(=O)NC(=O)CN1C(=O)[C@H](N)CC(C)C. The third kappa shape index (κ3) is 3.29. The minimum absolute atomic E-state index is 0.0884.